The van der Waals surface area contributed by atoms with Crippen molar-refractivity contribution in [1.29, 1.82) is 0 Å². The maximum Gasteiger partial charge on any atom is 0.336 e. The van der Waals surface area contributed by atoms with Crippen molar-refractivity contribution in [2.24, 2.45) is 22.7 Å². The zero-order valence-electron chi connectivity index (χ0n) is 17.6. The fourth-order valence-electron chi connectivity index (χ4n) is 4.31. The maximum atomic E-state index is 13.5. The summed E-state index contributed by atoms with van der Waals surface area (Å²) in [7, 11) is 1.27. The van der Waals surface area contributed by atoms with Gasteiger partial charge in [0.25, 0.3) is 0 Å². The molecule has 1 unspecified atom stereocenters. The minimum absolute atomic E-state index is 0.235. The van der Waals surface area contributed by atoms with Gasteiger partial charge in [-0.25, -0.2) is 4.79 Å². The molecule has 0 radical (unpaired) electrons. The van der Waals surface area contributed by atoms with Gasteiger partial charge >= 0.3 is 11.9 Å². The minimum Gasteiger partial charge on any atom is -0.468 e. The number of nitrogens with zero attached hydrogens (tertiary/aromatic N) is 1. The summed E-state index contributed by atoms with van der Waals surface area (Å²) in [5.41, 5.74) is 1.48. The van der Waals surface area contributed by atoms with E-state index in [0.29, 0.717) is 34.9 Å². The van der Waals surface area contributed by atoms with E-state index < -0.39 is 29.7 Å². The van der Waals surface area contributed by atoms with Crippen LogP contribution in [0.25, 0.3) is 0 Å². The molecule has 0 amide bonds. The Morgan fingerprint density at radius 2 is 1.90 bits per heavy atom. The number of ketones is 1. The van der Waals surface area contributed by atoms with Crippen LogP contribution in [0.5, 0.6) is 0 Å². The Balaban J connectivity index is 2.15. The molecule has 3 rings (SSSR count). The number of hydrogen-bond acceptors (Lipinski definition) is 7. The van der Waals surface area contributed by atoms with Crippen molar-refractivity contribution < 1.29 is 28.3 Å². The average molecular weight is 401 g/mol. The fraction of sp³-hybridized carbons (Fsp3) is 0.545. The lowest BCUT2D eigenvalue weighted by Gasteiger charge is -2.39. The van der Waals surface area contributed by atoms with Crippen molar-refractivity contribution in [3.05, 3.63) is 34.9 Å². The lowest BCUT2D eigenvalue weighted by Crippen LogP contribution is -2.48. The summed E-state index contributed by atoms with van der Waals surface area (Å²) in [6.07, 6.45) is 0.146. The van der Waals surface area contributed by atoms with Gasteiger partial charge in [0, 0.05) is 11.4 Å². The zero-order chi connectivity index (χ0) is 21.5. The van der Waals surface area contributed by atoms with E-state index >= 15 is 0 Å². The van der Waals surface area contributed by atoms with Crippen LogP contribution in [0.1, 0.15) is 51.6 Å². The summed E-state index contributed by atoms with van der Waals surface area (Å²) in [6.45, 7) is 8.90. The molecule has 2 aliphatic rings. The van der Waals surface area contributed by atoms with Gasteiger partial charge in [0.05, 0.1) is 30.6 Å². The molecule has 1 saturated carbocycles. The van der Waals surface area contributed by atoms with Gasteiger partial charge in [-0.3, -0.25) is 14.6 Å². The van der Waals surface area contributed by atoms with E-state index in [1.165, 1.54) is 7.11 Å². The molecule has 1 fully saturated rings. The Bertz CT molecular complexity index is 906. The molecule has 0 spiro atoms. The number of furan rings is 1. The SMILES string of the molecule is COC(=O)[C@@H]1C(=O)C2C(=NC(C)=C(C(=O)OC(C)C)[C@@H]2c2ccc(C)o2)C[C@H]1C. The predicted octanol–water partition coefficient (Wildman–Crippen LogP) is 3.37. The lowest BCUT2D eigenvalue weighted by molar-refractivity contribution is -0.152. The van der Waals surface area contributed by atoms with E-state index in [0.717, 1.165) is 0 Å². The van der Waals surface area contributed by atoms with Crippen LogP contribution in [0.15, 0.2) is 32.8 Å². The van der Waals surface area contributed by atoms with Gasteiger partial charge in [-0.1, -0.05) is 6.92 Å². The Kier molecular flexibility index (Phi) is 5.78. The smallest absolute Gasteiger partial charge is 0.336 e. The molecule has 0 bridgehead atoms. The molecule has 1 aliphatic carbocycles. The van der Waals surface area contributed by atoms with Crippen LogP contribution in [-0.2, 0) is 23.9 Å². The van der Waals surface area contributed by atoms with Crippen LogP contribution >= 0.6 is 0 Å². The first-order chi connectivity index (χ1) is 13.6. The van der Waals surface area contributed by atoms with E-state index in [-0.39, 0.29) is 17.8 Å². The van der Waals surface area contributed by atoms with E-state index in [2.05, 4.69) is 4.99 Å². The summed E-state index contributed by atoms with van der Waals surface area (Å²) in [6, 6.07) is 3.55. The quantitative estimate of drug-likeness (QED) is 0.567. The first kappa shape index (κ1) is 21.0. The third-order valence-corrected chi connectivity index (χ3v) is 5.50. The standard InChI is InChI=1S/C22H27NO6/c1-10(2)28-22(26)17-13(5)23-14-9-11(3)16(21(25)27-6)20(24)18(14)19(17)15-8-7-12(4)29-15/h7-8,10-11,16,18-19H,9H2,1-6H3/t11-,16+,18?,19+/m1/s1. The van der Waals surface area contributed by atoms with Crippen molar-refractivity contribution in [1.82, 2.24) is 0 Å². The Morgan fingerprint density at radius 1 is 1.21 bits per heavy atom. The van der Waals surface area contributed by atoms with Crippen molar-refractivity contribution in [2.75, 3.05) is 7.11 Å². The molecule has 1 aliphatic heterocycles. The van der Waals surface area contributed by atoms with Gasteiger partial charge < -0.3 is 13.9 Å². The number of hydrogen-bond donors (Lipinski definition) is 0. The molecular weight excluding hydrogens is 374 g/mol. The number of fused-ring (bicyclic) bond motifs is 1. The Labute approximate surface area is 170 Å². The molecular formula is C22H27NO6. The molecule has 0 aromatic carbocycles. The number of aliphatic imine (C=N–C) groups is 1. The number of aryl methyl sites for hydroxylation is 1. The molecule has 7 heteroatoms. The van der Waals surface area contributed by atoms with Crippen LogP contribution in [0.4, 0.5) is 0 Å². The Morgan fingerprint density at radius 3 is 2.45 bits per heavy atom. The molecule has 0 saturated heterocycles. The third kappa shape index (κ3) is 3.78. The van der Waals surface area contributed by atoms with E-state index in [9.17, 15) is 14.4 Å². The zero-order valence-corrected chi connectivity index (χ0v) is 17.6. The first-order valence-electron chi connectivity index (χ1n) is 9.82. The van der Waals surface area contributed by atoms with Gasteiger partial charge in [-0.15, -0.1) is 0 Å². The second-order valence-electron chi connectivity index (χ2n) is 8.04. The highest BCUT2D eigenvalue weighted by atomic mass is 16.5. The number of Topliss-reactive ketones (excluding diaryl/α,β-unsaturated/α-hetero) is 1. The highest BCUT2D eigenvalue weighted by Gasteiger charge is 2.52. The number of methoxy groups -OCH3 is 1. The monoisotopic (exact) mass is 401 g/mol. The summed E-state index contributed by atoms with van der Waals surface area (Å²) in [5, 5.41) is 0. The third-order valence-electron chi connectivity index (χ3n) is 5.50. The van der Waals surface area contributed by atoms with Crippen LogP contribution in [-0.4, -0.2) is 36.6 Å². The molecule has 29 heavy (non-hydrogen) atoms. The van der Waals surface area contributed by atoms with Gasteiger partial charge in [0.2, 0.25) is 0 Å². The second kappa shape index (κ2) is 7.97. The molecule has 7 nitrogen and oxygen atoms in total. The van der Waals surface area contributed by atoms with Crippen LogP contribution < -0.4 is 0 Å². The van der Waals surface area contributed by atoms with Crippen LogP contribution in [0.2, 0.25) is 0 Å². The van der Waals surface area contributed by atoms with Crippen molar-refractivity contribution >= 4 is 23.4 Å². The van der Waals surface area contributed by atoms with Crippen LogP contribution in [0, 0.1) is 24.7 Å². The molecule has 1 aromatic rings. The number of allylic oxidation sites excluding steroid dienone is 1. The van der Waals surface area contributed by atoms with Gasteiger partial charge in [-0.05, 0) is 52.2 Å². The molecule has 4 atom stereocenters. The van der Waals surface area contributed by atoms with Crippen molar-refractivity contribution in [3.63, 3.8) is 0 Å². The number of ether oxygens (including phenoxy) is 2. The lowest BCUT2D eigenvalue weighted by atomic mass is 9.64. The largest absolute Gasteiger partial charge is 0.468 e. The number of rotatable bonds is 4. The summed E-state index contributed by atoms with van der Waals surface area (Å²) < 4.78 is 16.2. The highest BCUT2D eigenvalue weighted by Crippen LogP contribution is 2.46. The van der Waals surface area contributed by atoms with Crippen molar-refractivity contribution in [3.8, 4) is 0 Å². The highest BCUT2D eigenvalue weighted by molar-refractivity contribution is 6.17. The average Bonchev–Trinajstić information content (AvgIpc) is 3.05. The van der Waals surface area contributed by atoms with E-state index in [4.69, 9.17) is 13.9 Å². The first-order valence-corrected chi connectivity index (χ1v) is 9.82. The molecule has 2 heterocycles. The summed E-state index contributed by atoms with van der Waals surface area (Å²) in [4.78, 5) is 43.3. The van der Waals surface area contributed by atoms with E-state index in [1.807, 2.05) is 6.92 Å². The molecule has 156 valence electrons. The van der Waals surface area contributed by atoms with Gasteiger partial charge in [0.15, 0.2) is 5.78 Å². The summed E-state index contributed by atoms with van der Waals surface area (Å²) >= 11 is 0. The number of carbonyl (C=O) groups excluding carboxylic acids is 3. The number of esters is 2. The van der Waals surface area contributed by atoms with E-state index in [1.54, 1.807) is 39.8 Å². The topological polar surface area (TPSA) is 95.2 Å². The Hall–Kier alpha value is -2.70. The molecule has 0 N–H and O–H groups in total. The van der Waals surface area contributed by atoms with Crippen LogP contribution in [0.3, 0.4) is 0 Å². The molecule has 1 aromatic heterocycles. The van der Waals surface area contributed by atoms with Crippen molar-refractivity contribution in [2.45, 2.75) is 53.1 Å². The summed E-state index contributed by atoms with van der Waals surface area (Å²) in [5.74, 6) is -2.82. The number of carbonyl (C=O) groups is 3. The predicted molar refractivity (Wildman–Crippen MR) is 105 cm³/mol. The van der Waals surface area contributed by atoms with Gasteiger partial charge in [0.1, 0.15) is 17.4 Å². The maximum absolute atomic E-state index is 13.5. The van der Waals surface area contributed by atoms with Gasteiger partial charge in [-0.2, -0.15) is 0 Å². The fourth-order valence-corrected chi connectivity index (χ4v) is 4.31. The normalized spacial score (nSPS) is 26.9. The minimum atomic E-state index is -0.900. The second-order valence-corrected chi connectivity index (χ2v) is 8.04.